The first kappa shape index (κ1) is 26.9. The number of hydrogen-bond acceptors (Lipinski definition) is 9. The van der Waals surface area contributed by atoms with E-state index in [1.165, 1.54) is 23.1 Å². The first-order chi connectivity index (χ1) is 16.6. The van der Waals surface area contributed by atoms with Gasteiger partial charge >= 0.3 is 11.9 Å². The molecule has 3 rings (SSSR count). The summed E-state index contributed by atoms with van der Waals surface area (Å²) in [6.45, 7) is 5.56. The molecule has 0 saturated heterocycles. The Morgan fingerprint density at radius 2 is 2.11 bits per heavy atom. The van der Waals surface area contributed by atoms with Crippen molar-refractivity contribution in [1.29, 1.82) is 0 Å². The first-order valence-electron chi connectivity index (χ1n) is 11.4. The lowest BCUT2D eigenvalue weighted by Crippen LogP contribution is -2.53. The van der Waals surface area contributed by atoms with Gasteiger partial charge in [0.05, 0.1) is 13.0 Å². The molecule has 0 spiro atoms. The van der Waals surface area contributed by atoms with E-state index in [4.69, 9.17) is 9.84 Å². The third-order valence-corrected chi connectivity index (χ3v) is 7.66. The zero-order chi connectivity index (χ0) is 25.6. The number of allylic oxidation sites excluding steroid dienone is 1. The molecule has 3 heterocycles. The molecule has 2 amide bonds. The quantitative estimate of drug-likeness (QED) is 0.381. The van der Waals surface area contributed by atoms with Crippen molar-refractivity contribution in [3.05, 3.63) is 28.2 Å². The SMILES string of the molecule is CC(C)C1NC(=O)[C@]2(C)CSC(=N2)c2csc(n2)CNC(=O)CC(C/C=C\CCC(=O)O)OC1=O. The third-order valence-electron chi connectivity index (χ3n) is 5.53. The van der Waals surface area contributed by atoms with Crippen LogP contribution in [-0.2, 0) is 30.5 Å². The fourth-order valence-electron chi connectivity index (χ4n) is 3.47. The Morgan fingerprint density at radius 3 is 2.83 bits per heavy atom. The highest BCUT2D eigenvalue weighted by atomic mass is 32.2. The largest absolute Gasteiger partial charge is 0.481 e. The number of carbonyl (C=O) groups is 4. The van der Waals surface area contributed by atoms with Gasteiger partial charge in [-0.25, -0.2) is 9.78 Å². The van der Waals surface area contributed by atoms with Gasteiger partial charge in [-0.15, -0.1) is 23.1 Å². The zero-order valence-corrected chi connectivity index (χ0v) is 21.5. The molecular formula is C23H30N4O6S2. The van der Waals surface area contributed by atoms with Gasteiger partial charge < -0.3 is 20.5 Å². The molecule has 0 fully saturated rings. The Hall–Kier alpha value is -2.73. The number of nitrogens with zero attached hydrogens (tertiary/aromatic N) is 2. The maximum Gasteiger partial charge on any atom is 0.329 e. The van der Waals surface area contributed by atoms with Gasteiger partial charge in [-0.1, -0.05) is 26.0 Å². The van der Waals surface area contributed by atoms with Gasteiger partial charge in [0.15, 0.2) is 0 Å². The van der Waals surface area contributed by atoms with Crippen LogP contribution in [0.3, 0.4) is 0 Å². The summed E-state index contributed by atoms with van der Waals surface area (Å²) >= 11 is 2.82. The number of hydrogen-bond donors (Lipinski definition) is 3. The van der Waals surface area contributed by atoms with Gasteiger partial charge in [0.1, 0.15) is 33.4 Å². The van der Waals surface area contributed by atoms with E-state index in [1.54, 1.807) is 32.9 Å². The van der Waals surface area contributed by atoms with Gasteiger partial charge in [0.25, 0.3) is 0 Å². The van der Waals surface area contributed by atoms with Gasteiger partial charge in [-0.2, -0.15) is 0 Å². The Balaban J connectivity index is 1.84. The van der Waals surface area contributed by atoms with Gasteiger partial charge in [-0.05, 0) is 19.3 Å². The highest BCUT2D eigenvalue weighted by Crippen LogP contribution is 2.32. The van der Waals surface area contributed by atoms with E-state index in [2.05, 4.69) is 20.6 Å². The molecule has 0 aliphatic carbocycles. The number of carboxylic acids is 1. The number of esters is 1. The molecular weight excluding hydrogens is 492 g/mol. The van der Waals surface area contributed by atoms with Crippen LogP contribution in [0.15, 0.2) is 22.5 Å². The lowest BCUT2D eigenvalue weighted by molar-refractivity contribution is -0.155. The highest BCUT2D eigenvalue weighted by Gasteiger charge is 2.41. The average Bonchev–Trinajstić information content (AvgIpc) is 3.42. The number of nitrogens with one attached hydrogen (secondary N) is 2. The number of amides is 2. The second kappa shape index (κ2) is 11.8. The van der Waals surface area contributed by atoms with Crippen LogP contribution in [-0.4, -0.2) is 62.3 Å². The zero-order valence-electron chi connectivity index (χ0n) is 19.9. The summed E-state index contributed by atoms with van der Waals surface area (Å²) in [5.41, 5.74) is -0.383. The van der Waals surface area contributed by atoms with Crippen LogP contribution in [0.5, 0.6) is 0 Å². The van der Waals surface area contributed by atoms with E-state index in [1.807, 2.05) is 5.38 Å². The number of thiazole rings is 1. The lowest BCUT2D eigenvalue weighted by Gasteiger charge is -2.27. The molecule has 2 aliphatic heterocycles. The van der Waals surface area contributed by atoms with Crippen LogP contribution in [0.1, 0.15) is 57.2 Å². The molecule has 190 valence electrons. The van der Waals surface area contributed by atoms with Gasteiger partial charge in [0, 0.05) is 24.0 Å². The van der Waals surface area contributed by atoms with Gasteiger partial charge in [-0.3, -0.25) is 19.4 Å². The fourth-order valence-corrected chi connectivity index (χ4v) is 5.39. The van der Waals surface area contributed by atoms with Crippen molar-refractivity contribution in [2.75, 3.05) is 5.75 Å². The number of cyclic esters (lactones) is 1. The standard InChI is InChI=1S/C23H30N4O6S2/c1-13(2)19-21(31)33-14(7-5-4-6-8-18(29)30)9-16(28)24-10-17-25-15(11-34-17)20-27-23(3,12-35-20)22(32)26-19/h4-5,11,13-14,19H,6-10,12H2,1-3H3,(H,24,28)(H,26,32)(H,29,30)/b5-4-/t14?,19?,23-/m0/s1. The van der Waals surface area contributed by atoms with E-state index >= 15 is 0 Å². The summed E-state index contributed by atoms with van der Waals surface area (Å²) in [6, 6.07) is -0.913. The van der Waals surface area contributed by atoms with Crippen LogP contribution in [0.2, 0.25) is 0 Å². The number of aromatic nitrogens is 1. The van der Waals surface area contributed by atoms with Crippen LogP contribution in [0.4, 0.5) is 0 Å². The van der Waals surface area contributed by atoms with Crippen molar-refractivity contribution in [2.24, 2.45) is 10.9 Å². The minimum atomic E-state index is -1.05. The molecule has 0 saturated carbocycles. The van der Waals surface area contributed by atoms with E-state index in [9.17, 15) is 19.2 Å². The van der Waals surface area contributed by atoms with Crippen LogP contribution in [0.25, 0.3) is 0 Å². The topological polar surface area (TPSA) is 147 Å². The third kappa shape index (κ3) is 7.38. The highest BCUT2D eigenvalue weighted by molar-refractivity contribution is 8.14. The molecule has 2 unspecified atom stereocenters. The molecule has 4 bridgehead atoms. The molecule has 1 aromatic heterocycles. The maximum atomic E-state index is 13.2. The number of fused-ring (bicyclic) bond motifs is 4. The number of carboxylic acid groups (broad SMARTS) is 1. The summed E-state index contributed by atoms with van der Waals surface area (Å²) in [4.78, 5) is 58.7. The smallest absolute Gasteiger partial charge is 0.329 e. The number of ether oxygens (including phenoxy) is 1. The molecule has 12 heteroatoms. The molecule has 1 aromatic rings. The van der Waals surface area contributed by atoms with Crippen molar-refractivity contribution in [2.45, 2.75) is 70.7 Å². The molecule has 35 heavy (non-hydrogen) atoms. The second-order valence-electron chi connectivity index (χ2n) is 8.98. The van der Waals surface area contributed by atoms with Crippen LogP contribution < -0.4 is 10.6 Å². The second-order valence-corrected chi connectivity index (χ2v) is 10.9. The number of rotatable bonds is 6. The number of carbonyl (C=O) groups excluding carboxylic acids is 3. The van der Waals surface area contributed by atoms with Crippen molar-refractivity contribution < 1.29 is 29.0 Å². The maximum absolute atomic E-state index is 13.2. The van der Waals surface area contributed by atoms with E-state index in [0.29, 0.717) is 27.9 Å². The fraction of sp³-hybridized carbons (Fsp3) is 0.565. The summed E-state index contributed by atoms with van der Waals surface area (Å²) in [7, 11) is 0. The summed E-state index contributed by atoms with van der Waals surface area (Å²) in [5.74, 6) is -2.05. The minimum absolute atomic E-state index is 0.0139. The Kier molecular flexibility index (Phi) is 9.06. The molecule has 10 nitrogen and oxygen atoms in total. The average molecular weight is 523 g/mol. The molecule has 0 aromatic carbocycles. The number of aliphatic imine (C=N–C) groups is 1. The van der Waals surface area contributed by atoms with E-state index in [-0.39, 0.29) is 43.5 Å². The normalized spacial score (nSPS) is 25.8. The summed E-state index contributed by atoms with van der Waals surface area (Å²) < 4.78 is 5.68. The Bertz CT molecular complexity index is 1040. The predicted octanol–water partition coefficient (Wildman–Crippen LogP) is 2.28. The van der Waals surface area contributed by atoms with Crippen molar-refractivity contribution in [3.63, 3.8) is 0 Å². The van der Waals surface area contributed by atoms with Gasteiger partial charge in [0.2, 0.25) is 11.8 Å². The molecule has 2 aliphatic rings. The van der Waals surface area contributed by atoms with Crippen LogP contribution >= 0.6 is 23.1 Å². The van der Waals surface area contributed by atoms with Crippen LogP contribution in [0, 0.1) is 5.92 Å². The minimum Gasteiger partial charge on any atom is -0.481 e. The van der Waals surface area contributed by atoms with Crippen molar-refractivity contribution >= 4 is 51.9 Å². The summed E-state index contributed by atoms with van der Waals surface area (Å²) in [5, 5.41) is 17.6. The van der Waals surface area contributed by atoms with Crippen molar-refractivity contribution in [1.82, 2.24) is 15.6 Å². The monoisotopic (exact) mass is 522 g/mol. The molecule has 3 atom stereocenters. The van der Waals surface area contributed by atoms with E-state index < -0.39 is 29.6 Å². The first-order valence-corrected chi connectivity index (χ1v) is 13.3. The number of aliphatic carboxylic acids is 1. The van der Waals surface area contributed by atoms with E-state index in [0.717, 1.165) is 0 Å². The van der Waals surface area contributed by atoms with Crippen molar-refractivity contribution in [3.8, 4) is 0 Å². The summed E-state index contributed by atoms with van der Waals surface area (Å²) in [6.07, 6.45) is 3.09. The Morgan fingerprint density at radius 1 is 1.34 bits per heavy atom. The number of thioether (sulfide) groups is 1. The lowest BCUT2D eigenvalue weighted by atomic mass is 10.00. The predicted molar refractivity (Wildman–Crippen MR) is 133 cm³/mol. The molecule has 3 N–H and O–H groups in total. The molecule has 0 radical (unpaired) electrons. The Labute approximate surface area is 212 Å².